The van der Waals surface area contributed by atoms with E-state index >= 15 is 0 Å². The lowest BCUT2D eigenvalue weighted by Gasteiger charge is -2.18. The Hall–Kier alpha value is -3.69. The third-order valence-corrected chi connectivity index (χ3v) is 6.84. The van der Waals surface area contributed by atoms with Crippen LogP contribution >= 0.6 is 0 Å². The molecule has 0 radical (unpaired) electrons. The molecular formula is C31H35N3O3. The molecule has 4 rings (SSSR count). The number of nitrogens with zero attached hydrogens (tertiary/aromatic N) is 3. The number of aliphatic hydroxyl groups is 1. The van der Waals surface area contributed by atoms with E-state index in [-0.39, 0.29) is 6.61 Å². The topological polar surface area (TPSA) is 88.1 Å². The summed E-state index contributed by atoms with van der Waals surface area (Å²) in [4.78, 5) is 17.8. The Bertz CT molecular complexity index is 1400. The number of benzene rings is 2. The highest BCUT2D eigenvalue weighted by Gasteiger charge is 2.32. The molecule has 0 atom stereocenters. The van der Waals surface area contributed by atoms with E-state index in [2.05, 4.69) is 43.3 Å². The normalized spacial score (nSPS) is 14.3. The highest BCUT2D eigenvalue weighted by Crippen LogP contribution is 2.36. The lowest BCUT2D eigenvalue weighted by molar-refractivity contribution is 0.0469. The van der Waals surface area contributed by atoms with Crippen LogP contribution in [-0.2, 0) is 36.1 Å². The molecule has 37 heavy (non-hydrogen) atoms. The maximum absolute atomic E-state index is 13.1. The van der Waals surface area contributed by atoms with Crippen molar-refractivity contribution < 1.29 is 14.6 Å². The fourth-order valence-electron chi connectivity index (χ4n) is 5.15. The van der Waals surface area contributed by atoms with Gasteiger partial charge >= 0.3 is 5.97 Å². The molecule has 0 saturated carbocycles. The summed E-state index contributed by atoms with van der Waals surface area (Å²) in [5.41, 5.74) is 6.69. The monoisotopic (exact) mass is 497 g/mol. The number of hydrogen-bond donors (Lipinski definition) is 1. The van der Waals surface area contributed by atoms with E-state index in [1.165, 1.54) is 11.1 Å². The quantitative estimate of drug-likeness (QED) is 0.333. The van der Waals surface area contributed by atoms with Crippen molar-refractivity contribution in [2.75, 3.05) is 6.61 Å². The van der Waals surface area contributed by atoms with Gasteiger partial charge in [0.1, 0.15) is 17.1 Å². The van der Waals surface area contributed by atoms with Gasteiger partial charge in [0, 0.05) is 24.1 Å². The number of aryl methyl sites for hydroxylation is 3. The SMILES string of the molecule is CCCc1nc(C(C)(C)O)c(C(=O)OCC)n1Cc1ccc2c(c1)CCc1ccccc1C2=C(C)C#N. The van der Waals surface area contributed by atoms with Crippen molar-refractivity contribution in [1.29, 1.82) is 5.26 Å². The molecule has 0 saturated heterocycles. The van der Waals surface area contributed by atoms with E-state index in [4.69, 9.17) is 9.72 Å². The first-order valence-electron chi connectivity index (χ1n) is 13.0. The third-order valence-electron chi connectivity index (χ3n) is 6.84. The molecule has 1 aromatic heterocycles. The molecule has 6 nitrogen and oxygen atoms in total. The lowest BCUT2D eigenvalue weighted by atomic mass is 9.90. The molecule has 1 heterocycles. The number of carbonyl (C=O) groups is 1. The van der Waals surface area contributed by atoms with E-state index in [9.17, 15) is 15.2 Å². The Morgan fingerprint density at radius 2 is 1.84 bits per heavy atom. The van der Waals surface area contributed by atoms with Gasteiger partial charge in [-0.2, -0.15) is 5.26 Å². The number of ether oxygens (including phenoxy) is 1. The van der Waals surface area contributed by atoms with Crippen LogP contribution in [0.4, 0.5) is 0 Å². The van der Waals surface area contributed by atoms with Crippen molar-refractivity contribution >= 4 is 11.5 Å². The largest absolute Gasteiger partial charge is 0.461 e. The van der Waals surface area contributed by atoms with Gasteiger partial charge in [0.05, 0.1) is 12.7 Å². The van der Waals surface area contributed by atoms with Crippen LogP contribution in [0.2, 0.25) is 0 Å². The Kier molecular flexibility index (Phi) is 7.65. The van der Waals surface area contributed by atoms with Gasteiger partial charge in [0.25, 0.3) is 0 Å². The molecular weight excluding hydrogens is 462 g/mol. The summed E-state index contributed by atoms with van der Waals surface area (Å²) >= 11 is 0. The molecule has 0 spiro atoms. The molecule has 1 aliphatic rings. The first-order chi connectivity index (χ1) is 17.7. The molecule has 2 aromatic carbocycles. The Balaban J connectivity index is 1.83. The molecule has 0 unspecified atom stereocenters. The summed E-state index contributed by atoms with van der Waals surface area (Å²) < 4.78 is 7.28. The van der Waals surface area contributed by atoms with Crippen molar-refractivity contribution in [2.45, 2.75) is 72.4 Å². The molecule has 1 aliphatic carbocycles. The minimum Gasteiger partial charge on any atom is -0.461 e. The predicted octanol–water partition coefficient (Wildman–Crippen LogP) is 5.73. The van der Waals surface area contributed by atoms with Crippen LogP contribution in [0.3, 0.4) is 0 Å². The second kappa shape index (κ2) is 10.7. The van der Waals surface area contributed by atoms with Crippen LogP contribution in [0.1, 0.15) is 90.9 Å². The van der Waals surface area contributed by atoms with Crippen LogP contribution in [0.25, 0.3) is 5.57 Å². The first-order valence-corrected chi connectivity index (χ1v) is 13.0. The van der Waals surface area contributed by atoms with Gasteiger partial charge in [0.2, 0.25) is 0 Å². The van der Waals surface area contributed by atoms with Crippen molar-refractivity contribution in [3.05, 3.63) is 93.1 Å². The van der Waals surface area contributed by atoms with Crippen molar-refractivity contribution in [3.63, 3.8) is 0 Å². The molecule has 0 aliphatic heterocycles. The molecule has 0 bridgehead atoms. The molecule has 192 valence electrons. The van der Waals surface area contributed by atoms with E-state index in [1.807, 2.05) is 23.6 Å². The van der Waals surface area contributed by atoms with Crippen molar-refractivity contribution in [1.82, 2.24) is 9.55 Å². The van der Waals surface area contributed by atoms with Crippen LogP contribution in [-0.4, -0.2) is 27.2 Å². The smallest absolute Gasteiger partial charge is 0.357 e. The highest BCUT2D eigenvalue weighted by atomic mass is 16.5. The number of esters is 1. The maximum atomic E-state index is 13.1. The van der Waals surface area contributed by atoms with Gasteiger partial charge in [-0.1, -0.05) is 49.4 Å². The number of fused-ring (bicyclic) bond motifs is 2. The number of carbonyl (C=O) groups excluding carboxylic acids is 1. The van der Waals surface area contributed by atoms with Crippen LogP contribution in [0.15, 0.2) is 48.0 Å². The fourth-order valence-corrected chi connectivity index (χ4v) is 5.15. The molecule has 0 amide bonds. The van der Waals surface area contributed by atoms with Crippen LogP contribution in [0, 0.1) is 11.3 Å². The van der Waals surface area contributed by atoms with E-state index in [0.29, 0.717) is 29.9 Å². The summed E-state index contributed by atoms with van der Waals surface area (Å²) in [6.07, 6.45) is 3.28. The summed E-state index contributed by atoms with van der Waals surface area (Å²) in [6, 6.07) is 17.0. The number of allylic oxidation sites excluding steroid dienone is 1. The van der Waals surface area contributed by atoms with E-state index < -0.39 is 11.6 Å². The third kappa shape index (κ3) is 5.23. The van der Waals surface area contributed by atoms with Gasteiger partial charge in [-0.15, -0.1) is 0 Å². The maximum Gasteiger partial charge on any atom is 0.357 e. The van der Waals surface area contributed by atoms with Gasteiger partial charge in [-0.05, 0) is 74.8 Å². The van der Waals surface area contributed by atoms with Gasteiger partial charge in [0.15, 0.2) is 5.69 Å². The van der Waals surface area contributed by atoms with E-state index in [0.717, 1.165) is 47.4 Å². The second-order valence-electron chi connectivity index (χ2n) is 10.1. The molecule has 0 fully saturated rings. The lowest BCUT2D eigenvalue weighted by Crippen LogP contribution is -2.23. The first kappa shape index (κ1) is 26.4. The highest BCUT2D eigenvalue weighted by molar-refractivity contribution is 5.90. The minimum absolute atomic E-state index is 0.241. The second-order valence-corrected chi connectivity index (χ2v) is 10.1. The van der Waals surface area contributed by atoms with Crippen LogP contribution in [0.5, 0.6) is 0 Å². The summed E-state index contributed by atoms with van der Waals surface area (Å²) in [7, 11) is 0. The number of nitriles is 1. The van der Waals surface area contributed by atoms with Crippen molar-refractivity contribution in [3.8, 4) is 6.07 Å². The zero-order chi connectivity index (χ0) is 26.7. The van der Waals surface area contributed by atoms with Crippen LogP contribution < -0.4 is 0 Å². The van der Waals surface area contributed by atoms with Gasteiger partial charge in [-0.25, -0.2) is 9.78 Å². The standard InChI is InChI=1S/C31H35N3O3/c1-6-10-26-33-29(31(4,5)36)28(30(35)37-7-2)34(26)19-21-13-16-25-23(17-21)15-14-22-11-8-9-12-24(22)27(25)20(3)18-32/h8-9,11-13,16-17,36H,6-7,10,14-15,19H2,1-5H3. The Labute approximate surface area is 219 Å². The van der Waals surface area contributed by atoms with Gasteiger partial charge < -0.3 is 14.4 Å². The average Bonchev–Trinajstić information content (AvgIpc) is 3.14. The summed E-state index contributed by atoms with van der Waals surface area (Å²) in [5, 5.41) is 20.6. The molecule has 3 aromatic rings. The number of hydrogen-bond acceptors (Lipinski definition) is 5. The van der Waals surface area contributed by atoms with Gasteiger partial charge in [-0.3, -0.25) is 0 Å². The number of aromatic nitrogens is 2. The Morgan fingerprint density at radius 1 is 1.14 bits per heavy atom. The molecule has 6 heteroatoms. The zero-order valence-electron chi connectivity index (χ0n) is 22.4. The number of rotatable bonds is 7. The minimum atomic E-state index is -1.29. The summed E-state index contributed by atoms with van der Waals surface area (Å²) in [5.74, 6) is 0.278. The van der Waals surface area contributed by atoms with E-state index in [1.54, 1.807) is 20.8 Å². The fraction of sp³-hybridized carbons (Fsp3) is 0.387. The van der Waals surface area contributed by atoms with Crippen molar-refractivity contribution in [2.24, 2.45) is 0 Å². The zero-order valence-corrected chi connectivity index (χ0v) is 22.4. The average molecular weight is 498 g/mol. The molecule has 1 N–H and O–H groups in total. The Morgan fingerprint density at radius 3 is 2.51 bits per heavy atom. The summed E-state index contributed by atoms with van der Waals surface area (Å²) in [6.45, 7) is 9.68. The predicted molar refractivity (Wildman–Crippen MR) is 144 cm³/mol. The number of imidazole rings is 1.